The summed E-state index contributed by atoms with van der Waals surface area (Å²) in [5.41, 5.74) is 5.19. The van der Waals surface area contributed by atoms with Crippen molar-refractivity contribution in [2.45, 2.75) is 45.2 Å². The average Bonchev–Trinajstić information content (AvgIpc) is 3.61. The lowest BCUT2D eigenvalue weighted by atomic mass is 9.89. The van der Waals surface area contributed by atoms with Crippen molar-refractivity contribution in [2.24, 2.45) is 5.92 Å². The first-order valence-electron chi connectivity index (χ1n) is 14.2. The zero-order valence-electron chi connectivity index (χ0n) is 22.7. The number of rotatable bonds is 4. The van der Waals surface area contributed by atoms with Crippen LogP contribution in [-0.4, -0.2) is 62.2 Å². The molecule has 0 atom stereocenters. The van der Waals surface area contributed by atoms with Crippen molar-refractivity contribution in [1.82, 2.24) is 29.1 Å². The number of nitrogens with zero attached hydrogens (tertiary/aromatic N) is 5. The zero-order valence-corrected chi connectivity index (χ0v) is 22.7. The summed E-state index contributed by atoms with van der Waals surface area (Å²) in [4.78, 5) is 34.8. The van der Waals surface area contributed by atoms with E-state index in [1.165, 1.54) is 32.1 Å². The Morgan fingerprint density at radius 1 is 1.18 bits per heavy atom. The van der Waals surface area contributed by atoms with Crippen molar-refractivity contribution in [2.75, 3.05) is 26.7 Å². The maximum absolute atomic E-state index is 15.1. The molecule has 40 heavy (non-hydrogen) atoms. The van der Waals surface area contributed by atoms with Crippen LogP contribution in [-0.2, 0) is 17.9 Å². The lowest BCUT2D eigenvalue weighted by Crippen LogP contribution is -2.43. The van der Waals surface area contributed by atoms with Crippen LogP contribution in [0, 0.1) is 11.7 Å². The molecule has 1 N–H and O–H groups in total. The first kappa shape index (κ1) is 24.9. The van der Waals surface area contributed by atoms with Gasteiger partial charge in [0.1, 0.15) is 11.5 Å². The molecule has 7 rings (SSSR count). The number of pyridine rings is 1. The van der Waals surface area contributed by atoms with Crippen LogP contribution < -0.4 is 5.32 Å². The number of urea groups is 1. The van der Waals surface area contributed by atoms with E-state index in [1.54, 1.807) is 18.3 Å². The van der Waals surface area contributed by atoms with Gasteiger partial charge in [-0.2, -0.15) is 0 Å². The van der Waals surface area contributed by atoms with Gasteiger partial charge in [-0.15, -0.1) is 0 Å². The van der Waals surface area contributed by atoms with E-state index in [4.69, 9.17) is 0 Å². The summed E-state index contributed by atoms with van der Waals surface area (Å²) in [5, 5.41) is 4.03. The van der Waals surface area contributed by atoms with Gasteiger partial charge in [0, 0.05) is 56.6 Å². The molecule has 0 unspecified atom stereocenters. The molecule has 206 valence electrons. The number of hydrogen-bond donors (Lipinski definition) is 1. The van der Waals surface area contributed by atoms with Crippen molar-refractivity contribution in [1.29, 1.82) is 0 Å². The summed E-state index contributed by atoms with van der Waals surface area (Å²) in [6.45, 7) is 2.40. The SMILES string of the molecule is CN(CC1CCCCC1)C(=O)N1CCn2cc(C3=C(c4cnc5ccccn45)C(=O)CN3)c3cc(F)cc(c32)C1. The van der Waals surface area contributed by atoms with Gasteiger partial charge in [0.25, 0.3) is 0 Å². The summed E-state index contributed by atoms with van der Waals surface area (Å²) in [7, 11) is 1.89. The average molecular weight is 541 g/mol. The molecule has 3 aliphatic rings. The Kier molecular flexibility index (Phi) is 6.09. The monoisotopic (exact) mass is 540 g/mol. The number of halogens is 1. The third-order valence-electron chi connectivity index (χ3n) is 8.74. The van der Waals surface area contributed by atoms with Crippen LogP contribution in [0.5, 0.6) is 0 Å². The van der Waals surface area contributed by atoms with Gasteiger partial charge in [0.15, 0.2) is 5.78 Å². The number of imidazole rings is 1. The Morgan fingerprint density at radius 2 is 2.02 bits per heavy atom. The molecular weight excluding hydrogens is 507 g/mol. The molecule has 0 bridgehead atoms. The van der Waals surface area contributed by atoms with E-state index in [9.17, 15) is 9.59 Å². The standard InChI is InChI=1S/C31H33FN6O2/c1-35(17-20-7-3-2-4-8-20)31(40)37-12-11-36-19-24(23-14-22(32)13-21(18-37)30(23)36)29-28(26(39)16-34-29)25-15-33-27-9-5-6-10-38(25)27/h5-6,9-10,13-15,19-20,34H,2-4,7-8,11-12,16-18H2,1H3. The first-order valence-corrected chi connectivity index (χ1v) is 14.2. The minimum absolute atomic E-state index is 0.00498. The number of nitrogens with one attached hydrogen (secondary N) is 1. The van der Waals surface area contributed by atoms with E-state index in [-0.39, 0.29) is 24.2 Å². The number of ketones is 1. The van der Waals surface area contributed by atoms with Crippen molar-refractivity contribution >= 4 is 39.6 Å². The van der Waals surface area contributed by atoms with Crippen molar-refractivity contribution in [3.05, 3.63) is 71.6 Å². The molecule has 1 aromatic carbocycles. The summed E-state index contributed by atoms with van der Waals surface area (Å²) in [6, 6.07) is 8.80. The van der Waals surface area contributed by atoms with Gasteiger partial charge in [0.2, 0.25) is 0 Å². The maximum Gasteiger partial charge on any atom is 0.320 e. The molecular formula is C31H33FN6O2. The molecule has 9 heteroatoms. The van der Waals surface area contributed by atoms with E-state index in [2.05, 4.69) is 14.9 Å². The molecule has 8 nitrogen and oxygen atoms in total. The summed E-state index contributed by atoms with van der Waals surface area (Å²) in [5.74, 6) is 0.180. The van der Waals surface area contributed by atoms with E-state index in [0.29, 0.717) is 42.5 Å². The Balaban J connectivity index is 1.26. The number of benzene rings is 1. The van der Waals surface area contributed by atoms with E-state index >= 15 is 4.39 Å². The lowest BCUT2D eigenvalue weighted by molar-refractivity contribution is -0.112. The normalized spacial score (nSPS) is 18.1. The van der Waals surface area contributed by atoms with Crippen LogP contribution in [0.2, 0.25) is 0 Å². The van der Waals surface area contributed by atoms with Crippen LogP contribution >= 0.6 is 0 Å². The molecule has 5 heterocycles. The zero-order chi connectivity index (χ0) is 27.4. The van der Waals surface area contributed by atoms with Gasteiger partial charge in [-0.1, -0.05) is 25.3 Å². The van der Waals surface area contributed by atoms with Crippen LogP contribution in [0.15, 0.2) is 48.9 Å². The first-order chi connectivity index (χ1) is 19.5. The predicted molar refractivity (Wildman–Crippen MR) is 152 cm³/mol. The number of hydrogen-bond acceptors (Lipinski definition) is 4. The molecule has 4 aromatic rings. The fourth-order valence-electron chi connectivity index (χ4n) is 6.84. The quantitative estimate of drug-likeness (QED) is 0.399. The second-order valence-corrected chi connectivity index (χ2v) is 11.4. The number of carbonyl (C=O) groups is 2. The van der Waals surface area contributed by atoms with E-state index in [0.717, 1.165) is 34.2 Å². The topological polar surface area (TPSA) is 74.9 Å². The minimum atomic E-state index is -0.354. The second-order valence-electron chi connectivity index (χ2n) is 11.4. The summed E-state index contributed by atoms with van der Waals surface area (Å²) < 4.78 is 19.1. The van der Waals surface area contributed by atoms with Crippen LogP contribution in [0.25, 0.3) is 27.8 Å². The fourth-order valence-corrected chi connectivity index (χ4v) is 6.84. The predicted octanol–water partition coefficient (Wildman–Crippen LogP) is 4.92. The smallest absolute Gasteiger partial charge is 0.320 e. The molecule has 1 saturated carbocycles. The highest BCUT2D eigenvalue weighted by molar-refractivity contribution is 6.32. The second kappa shape index (κ2) is 9.80. The lowest BCUT2D eigenvalue weighted by Gasteiger charge is -2.31. The van der Waals surface area contributed by atoms with Gasteiger partial charge < -0.3 is 19.7 Å². The molecule has 1 fully saturated rings. The Hall–Kier alpha value is -4.14. The van der Waals surface area contributed by atoms with Crippen LogP contribution in [0.1, 0.15) is 48.9 Å². The highest BCUT2D eigenvalue weighted by Crippen LogP contribution is 2.37. The number of carbonyl (C=O) groups excluding carboxylic acids is 2. The number of aromatic nitrogens is 3. The number of Topliss-reactive ketones (excluding diaryl/α,β-unsaturated/α-hetero) is 1. The molecule has 0 spiro atoms. The largest absolute Gasteiger partial charge is 0.376 e. The van der Waals surface area contributed by atoms with Gasteiger partial charge in [-0.25, -0.2) is 14.2 Å². The third-order valence-corrected chi connectivity index (χ3v) is 8.74. The van der Waals surface area contributed by atoms with Gasteiger partial charge in [-0.05, 0) is 48.6 Å². The molecule has 0 radical (unpaired) electrons. The Bertz CT molecular complexity index is 1680. The molecule has 2 amide bonds. The van der Waals surface area contributed by atoms with Crippen LogP contribution in [0.3, 0.4) is 0 Å². The molecule has 0 saturated heterocycles. The van der Waals surface area contributed by atoms with Gasteiger partial charge >= 0.3 is 6.03 Å². The Morgan fingerprint density at radius 3 is 2.88 bits per heavy atom. The van der Waals surface area contributed by atoms with E-state index in [1.807, 2.05) is 51.8 Å². The van der Waals surface area contributed by atoms with Crippen LogP contribution in [0.4, 0.5) is 9.18 Å². The molecule has 1 aliphatic carbocycles. The summed E-state index contributed by atoms with van der Waals surface area (Å²) >= 11 is 0. The van der Waals surface area contributed by atoms with Crippen molar-refractivity contribution < 1.29 is 14.0 Å². The number of fused-ring (bicyclic) bond motifs is 1. The minimum Gasteiger partial charge on any atom is -0.376 e. The van der Waals surface area contributed by atoms with Gasteiger partial charge in [0.05, 0.1) is 35.2 Å². The van der Waals surface area contributed by atoms with E-state index < -0.39 is 0 Å². The highest BCUT2D eigenvalue weighted by Gasteiger charge is 2.32. The maximum atomic E-state index is 15.1. The number of amides is 2. The Labute approximate surface area is 232 Å². The summed E-state index contributed by atoms with van der Waals surface area (Å²) in [6.07, 6.45) is 11.7. The fraction of sp³-hybridized carbons (Fsp3) is 0.387. The van der Waals surface area contributed by atoms with Gasteiger partial charge in [-0.3, -0.25) is 9.20 Å². The van der Waals surface area contributed by atoms with Crippen molar-refractivity contribution in [3.8, 4) is 0 Å². The third kappa shape index (κ3) is 4.15. The molecule has 3 aromatic heterocycles. The highest BCUT2D eigenvalue weighted by atomic mass is 19.1. The molecule has 2 aliphatic heterocycles. The van der Waals surface area contributed by atoms with Crippen molar-refractivity contribution in [3.63, 3.8) is 0 Å².